The van der Waals surface area contributed by atoms with Crippen molar-refractivity contribution in [3.05, 3.63) is 24.3 Å². The van der Waals surface area contributed by atoms with Crippen LogP contribution in [-0.2, 0) is 14.6 Å². The number of benzene rings is 1. The molecule has 27 heavy (non-hydrogen) atoms. The van der Waals surface area contributed by atoms with Crippen LogP contribution < -0.4 is 4.74 Å². The lowest BCUT2D eigenvalue weighted by Gasteiger charge is -2.25. The van der Waals surface area contributed by atoms with Crippen LogP contribution in [-0.4, -0.2) is 33.7 Å². The number of sulfone groups is 1. The summed E-state index contributed by atoms with van der Waals surface area (Å²) in [6.07, 6.45) is -3.54. The fraction of sp³-hybridized carbons (Fsp3) is 0.684. The highest BCUT2D eigenvalue weighted by molar-refractivity contribution is 7.91. The predicted octanol–water partition coefficient (Wildman–Crippen LogP) is 5.23. The summed E-state index contributed by atoms with van der Waals surface area (Å²) in [4.78, 5) is -0.179. The van der Waals surface area contributed by atoms with Crippen molar-refractivity contribution in [2.75, 3.05) is 19.0 Å². The van der Waals surface area contributed by atoms with Gasteiger partial charge < -0.3 is 9.47 Å². The number of rotatable bonds is 9. The molecule has 0 fully saturated rings. The van der Waals surface area contributed by atoms with Crippen LogP contribution in [0.25, 0.3) is 0 Å². The zero-order chi connectivity index (χ0) is 20.9. The third kappa shape index (κ3) is 10.0. The predicted molar refractivity (Wildman–Crippen MR) is 98.5 cm³/mol. The van der Waals surface area contributed by atoms with Gasteiger partial charge in [0.1, 0.15) is 5.75 Å². The molecular formula is C19H29F3O4S. The largest absolute Gasteiger partial charge is 0.573 e. The quantitative estimate of drug-likeness (QED) is 0.523. The topological polar surface area (TPSA) is 52.6 Å². The smallest absolute Gasteiger partial charge is 0.406 e. The first kappa shape index (κ1) is 23.8. The molecule has 0 aliphatic rings. The minimum Gasteiger partial charge on any atom is -0.406 e. The lowest BCUT2D eigenvalue weighted by Crippen LogP contribution is -2.25. The summed E-state index contributed by atoms with van der Waals surface area (Å²) < 4.78 is 71.6. The Morgan fingerprint density at radius 3 is 2.22 bits per heavy atom. The summed E-state index contributed by atoms with van der Waals surface area (Å²) in [7, 11) is -3.75. The van der Waals surface area contributed by atoms with Gasteiger partial charge in [0.15, 0.2) is 9.84 Å². The summed E-state index contributed by atoms with van der Waals surface area (Å²) in [5, 5.41) is 0. The first-order valence-electron chi connectivity index (χ1n) is 8.76. The molecule has 0 unspecified atom stereocenters. The standard InChI is InChI=1S/C19H29F3O4S/c1-17(2,3)13-25-11-7-10-18(4,5)14-27(23,24)16-9-6-8-15(12-16)26-19(20,21)22/h6,8-9,12H,7,10-11,13-14H2,1-5H3. The molecule has 0 aliphatic heterocycles. The molecule has 4 nitrogen and oxygen atoms in total. The summed E-state index contributed by atoms with van der Waals surface area (Å²) >= 11 is 0. The number of hydrogen-bond acceptors (Lipinski definition) is 4. The normalized spacial score (nSPS) is 13.6. The van der Waals surface area contributed by atoms with Crippen molar-refractivity contribution in [2.45, 2.75) is 58.7 Å². The highest BCUT2D eigenvalue weighted by Crippen LogP contribution is 2.30. The Morgan fingerprint density at radius 1 is 1.04 bits per heavy atom. The molecule has 0 saturated heterocycles. The SMILES string of the molecule is CC(C)(C)COCCCC(C)(C)CS(=O)(=O)c1cccc(OC(F)(F)F)c1. The molecule has 0 atom stereocenters. The lowest BCUT2D eigenvalue weighted by molar-refractivity contribution is -0.274. The summed E-state index contributed by atoms with van der Waals surface area (Å²) in [5.41, 5.74) is -0.465. The molecule has 0 amide bonds. The Bertz CT molecular complexity index is 704. The van der Waals surface area contributed by atoms with Gasteiger partial charge in [-0.15, -0.1) is 13.2 Å². The molecule has 0 spiro atoms. The lowest BCUT2D eigenvalue weighted by atomic mass is 9.90. The van der Waals surface area contributed by atoms with Gasteiger partial charge in [-0.1, -0.05) is 40.7 Å². The zero-order valence-corrected chi connectivity index (χ0v) is 17.3. The maximum absolute atomic E-state index is 12.6. The average Bonchev–Trinajstić information content (AvgIpc) is 2.42. The Balaban J connectivity index is 2.68. The highest BCUT2D eigenvalue weighted by atomic mass is 32.2. The Hall–Kier alpha value is -1.28. The first-order chi connectivity index (χ1) is 12.1. The minimum atomic E-state index is -4.87. The molecule has 0 aliphatic carbocycles. The van der Waals surface area contributed by atoms with Crippen LogP contribution in [0.15, 0.2) is 29.2 Å². The van der Waals surface area contributed by atoms with Crippen LogP contribution >= 0.6 is 0 Å². The number of halogens is 3. The average molecular weight is 410 g/mol. The van der Waals surface area contributed by atoms with Gasteiger partial charge in [-0.25, -0.2) is 8.42 Å². The molecule has 1 aromatic rings. The van der Waals surface area contributed by atoms with Gasteiger partial charge in [0.05, 0.1) is 17.3 Å². The number of hydrogen-bond donors (Lipinski definition) is 0. The monoisotopic (exact) mass is 410 g/mol. The molecule has 0 radical (unpaired) electrons. The van der Waals surface area contributed by atoms with Gasteiger partial charge >= 0.3 is 6.36 Å². The van der Waals surface area contributed by atoms with E-state index in [1.54, 1.807) is 0 Å². The summed E-state index contributed by atoms with van der Waals surface area (Å²) in [5.74, 6) is -0.716. The van der Waals surface area contributed by atoms with E-state index in [0.29, 0.717) is 26.1 Å². The van der Waals surface area contributed by atoms with E-state index in [0.717, 1.165) is 12.1 Å². The molecule has 8 heteroatoms. The van der Waals surface area contributed by atoms with E-state index in [2.05, 4.69) is 25.5 Å². The maximum atomic E-state index is 12.6. The molecule has 1 rings (SSSR count). The molecule has 0 N–H and O–H groups in total. The zero-order valence-electron chi connectivity index (χ0n) is 16.5. The van der Waals surface area contributed by atoms with E-state index < -0.39 is 27.4 Å². The van der Waals surface area contributed by atoms with Crippen LogP contribution in [0, 0.1) is 10.8 Å². The second-order valence-electron chi connectivity index (χ2n) is 8.66. The van der Waals surface area contributed by atoms with E-state index in [1.807, 2.05) is 13.8 Å². The first-order valence-corrected chi connectivity index (χ1v) is 10.4. The number of ether oxygens (including phenoxy) is 2. The van der Waals surface area contributed by atoms with Crippen molar-refractivity contribution in [2.24, 2.45) is 10.8 Å². The van der Waals surface area contributed by atoms with Crippen molar-refractivity contribution < 1.29 is 31.1 Å². The van der Waals surface area contributed by atoms with Crippen LogP contribution in [0.5, 0.6) is 5.75 Å². The van der Waals surface area contributed by atoms with Crippen molar-refractivity contribution in [1.29, 1.82) is 0 Å². The van der Waals surface area contributed by atoms with E-state index in [4.69, 9.17) is 4.74 Å². The molecule has 0 heterocycles. The van der Waals surface area contributed by atoms with Crippen LogP contribution in [0.4, 0.5) is 13.2 Å². The van der Waals surface area contributed by atoms with Gasteiger partial charge in [0, 0.05) is 6.61 Å². The molecule has 0 bridgehead atoms. The van der Waals surface area contributed by atoms with Crippen molar-refractivity contribution in [1.82, 2.24) is 0 Å². The Morgan fingerprint density at radius 2 is 1.67 bits per heavy atom. The second kappa shape index (κ2) is 8.82. The maximum Gasteiger partial charge on any atom is 0.573 e. The van der Waals surface area contributed by atoms with Gasteiger partial charge in [-0.05, 0) is 41.9 Å². The third-order valence-electron chi connectivity index (χ3n) is 3.66. The van der Waals surface area contributed by atoms with Crippen molar-refractivity contribution in [3.63, 3.8) is 0 Å². The van der Waals surface area contributed by atoms with Crippen LogP contribution in [0.2, 0.25) is 0 Å². The van der Waals surface area contributed by atoms with E-state index in [9.17, 15) is 21.6 Å². The van der Waals surface area contributed by atoms with Gasteiger partial charge in [-0.2, -0.15) is 0 Å². The van der Waals surface area contributed by atoms with Crippen molar-refractivity contribution in [3.8, 4) is 5.75 Å². The van der Waals surface area contributed by atoms with Crippen molar-refractivity contribution >= 4 is 9.84 Å². The fourth-order valence-electron chi connectivity index (χ4n) is 2.57. The summed E-state index contributed by atoms with van der Waals surface area (Å²) in [6.45, 7) is 11.0. The molecule has 1 aromatic carbocycles. The van der Waals surface area contributed by atoms with E-state index in [1.165, 1.54) is 12.1 Å². The molecular weight excluding hydrogens is 381 g/mol. The van der Waals surface area contributed by atoms with Crippen LogP contribution in [0.1, 0.15) is 47.5 Å². The molecule has 0 saturated carbocycles. The van der Waals surface area contributed by atoms with Gasteiger partial charge in [0.2, 0.25) is 0 Å². The van der Waals surface area contributed by atoms with Gasteiger partial charge in [0.25, 0.3) is 0 Å². The van der Waals surface area contributed by atoms with Crippen LogP contribution in [0.3, 0.4) is 0 Å². The Kier molecular flexibility index (Phi) is 7.76. The van der Waals surface area contributed by atoms with E-state index >= 15 is 0 Å². The second-order valence-corrected chi connectivity index (χ2v) is 10.7. The summed E-state index contributed by atoms with van der Waals surface area (Å²) in [6, 6.07) is 4.50. The highest BCUT2D eigenvalue weighted by Gasteiger charge is 2.32. The third-order valence-corrected chi connectivity index (χ3v) is 5.79. The van der Waals surface area contributed by atoms with E-state index in [-0.39, 0.29) is 16.1 Å². The molecule has 156 valence electrons. The molecule has 0 aromatic heterocycles. The fourth-order valence-corrected chi connectivity index (χ4v) is 4.49. The minimum absolute atomic E-state index is 0.0718. The number of alkyl halides is 3. The Labute approximate surface area is 160 Å². The van der Waals surface area contributed by atoms with Gasteiger partial charge in [-0.3, -0.25) is 0 Å².